The van der Waals surface area contributed by atoms with Gasteiger partial charge >= 0.3 is 0 Å². The lowest BCUT2D eigenvalue weighted by molar-refractivity contribution is 0.628. The Morgan fingerprint density at radius 2 is 1.81 bits per heavy atom. The van der Waals surface area contributed by atoms with Crippen LogP contribution in [-0.2, 0) is 0 Å². The highest BCUT2D eigenvalue weighted by Gasteiger charge is 2.12. The lowest BCUT2D eigenvalue weighted by Gasteiger charge is -2.09. The van der Waals surface area contributed by atoms with Gasteiger partial charge in [-0.15, -0.1) is 0 Å². The van der Waals surface area contributed by atoms with Gasteiger partial charge in [-0.25, -0.2) is 18.7 Å². The van der Waals surface area contributed by atoms with Gasteiger partial charge in [0.25, 0.3) is 0 Å². The monoisotopic (exact) mass is 285 g/mol. The Morgan fingerprint density at radius 1 is 1.00 bits per heavy atom. The van der Waals surface area contributed by atoms with E-state index in [-0.39, 0.29) is 17.5 Å². The Hall–Kier alpha value is -2.56. The number of rotatable bonds is 2. The molecule has 0 aliphatic heterocycles. The third kappa shape index (κ3) is 2.42. The highest BCUT2D eigenvalue weighted by Crippen LogP contribution is 2.27. The zero-order valence-corrected chi connectivity index (χ0v) is 11.6. The zero-order chi connectivity index (χ0) is 15.0. The van der Waals surface area contributed by atoms with Crippen molar-refractivity contribution < 1.29 is 8.78 Å². The molecule has 106 valence electrons. The van der Waals surface area contributed by atoms with E-state index in [4.69, 9.17) is 0 Å². The highest BCUT2D eigenvalue weighted by molar-refractivity contribution is 5.90. The van der Waals surface area contributed by atoms with Crippen molar-refractivity contribution in [3.05, 3.63) is 53.6 Å². The fourth-order valence-corrected chi connectivity index (χ4v) is 2.21. The number of hydrogen-bond donors (Lipinski definition) is 1. The first-order chi connectivity index (χ1) is 10.1. The molecule has 0 spiro atoms. The van der Waals surface area contributed by atoms with E-state index in [1.165, 1.54) is 18.2 Å². The van der Waals surface area contributed by atoms with Crippen molar-refractivity contribution in [1.82, 2.24) is 9.97 Å². The lowest BCUT2D eigenvalue weighted by atomic mass is 10.1. The Kier molecular flexibility index (Phi) is 3.25. The van der Waals surface area contributed by atoms with Crippen LogP contribution in [0.25, 0.3) is 22.3 Å². The van der Waals surface area contributed by atoms with Gasteiger partial charge in [0.05, 0.1) is 11.1 Å². The van der Waals surface area contributed by atoms with E-state index >= 15 is 0 Å². The van der Waals surface area contributed by atoms with Gasteiger partial charge in [-0.1, -0.05) is 6.07 Å². The molecule has 3 nitrogen and oxygen atoms in total. The van der Waals surface area contributed by atoms with Crippen LogP contribution in [0, 0.1) is 18.6 Å². The van der Waals surface area contributed by atoms with Gasteiger partial charge in [0.15, 0.2) is 5.82 Å². The van der Waals surface area contributed by atoms with Crippen molar-refractivity contribution in [3.63, 3.8) is 0 Å². The van der Waals surface area contributed by atoms with Crippen molar-refractivity contribution in [2.75, 3.05) is 12.4 Å². The number of hydrogen-bond acceptors (Lipinski definition) is 3. The Labute approximate surface area is 120 Å². The first kappa shape index (κ1) is 13.4. The summed E-state index contributed by atoms with van der Waals surface area (Å²) in [6.07, 6.45) is 0. The van der Waals surface area contributed by atoms with Crippen LogP contribution in [0.4, 0.5) is 14.6 Å². The van der Waals surface area contributed by atoms with Crippen LogP contribution in [0.1, 0.15) is 5.56 Å². The Morgan fingerprint density at radius 3 is 2.52 bits per heavy atom. The van der Waals surface area contributed by atoms with Crippen LogP contribution in [0.3, 0.4) is 0 Å². The number of fused-ring (bicyclic) bond motifs is 1. The molecule has 0 bridgehead atoms. The van der Waals surface area contributed by atoms with Gasteiger partial charge in [0.2, 0.25) is 0 Å². The molecule has 0 saturated carbocycles. The number of aromatic nitrogens is 2. The summed E-state index contributed by atoms with van der Waals surface area (Å²) in [7, 11) is 1.68. The van der Waals surface area contributed by atoms with Gasteiger partial charge in [-0.2, -0.15) is 0 Å². The fraction of sp³-hybridized carbons (Fsp3) is 0.125. The Bertz CT molecular complexity index is 831. The summed E-state index contributed by atoms with van der Waals surface area (Å²) in [5.41, 5.74) is 1.71. The van der Waals surface area contributed by atoms with Crippen LogP contribution in [0.15, 0.2) is 36.4 Å². The summed E-state index contributed by atoms with van der Waals surface area (Å²) in [5, 5.41) is 3.46. The van der Waals surface area contributed by atoms with E-state index in [0.29, 0.717) is 22.3 Å². The second-order valence-electron chi connectivity index (χ2n) is 4.79. The number of benzene rings is 2. The quantitative estimate of drug-likeness (QED) is 0.775. The molecule has 2 aromatic carbocycles. The predicted molar refractivity (Wildman–Crippen MR) is 79.2 cm³/mol. The van der Waals surface area contributed by atoms with Gasteiger partial charge in [-0.3, -0.25) is 0 Å². The molecule has 0 radical (unpaired) electrons. The normalized spacial score (nSPS) is 10.9. The van der Waals surface area contributed by atoms with Gasteiger partial charge in [0, 0.05) is 12.4 Å². The maximum Gasteiger partial charge on any atom is 0.165 e. The number of halogens is 2. The van der Waals surface area contributed by atoms with Gasteiger partial charge < -0.3 is 5.32 Å². The summed E-state index contributed by atoms with van der Waals surface area (Å²) in [5.74, 6) is 0.000754. The summed E-state index contributed by atoms with van der Waals surface area (Å²) in [6, 6.07) is 9.13. The molecule has 0 aliphatic rings. The molecule has 0 aliphatic carbocycles. The number of nitrogens with zero attached hydrogens (tertiary/aromatic N) is 2. The average Bonchev–Trinajstić information content (AvgIpc) is 2.46. The fourth-order valence-electron chi connectivity index (χ4n) is 2.21. The van der Waals surface area contributed by atoms with Crippen molar-refractivity contribution in [3.8, 4) is 11.4 Å². The van der Waals surface area contributed by atoms with E-state index in [2.05, 4.69) is 15.3 Å². The van der Waals surface area contributed by atoms with Gasteiger partial charge in [-0.05, 0) is 42.8 Å². The minimum absolute atomic E-state index is 0.274. The van der Waals surface area contributed by atoms with Gasteiger partial charge in [0.1, 0.15) is 17.5 Å². The number of aryl methyl sites for hydroxylation is 1. The molecule has 0 unspecified atom stereocenters. The maximum atomic E-state index is 14.1. The molecule has 21 heavy (non-hydrogen) atoms. The molecular weight excluding hydrogens is 272 g/mol. The molecule has 3 rings (SSSR count). The summed E-state index contributed by atoms with van der Waals surface area (Å²) in [6.45, 7) is 1.82. The van der Waals surface area contributed by atoms with E-state index in [0.717, 1.165) is 5.56 Å². The molecule has 3 aromatic rings. The van der Waals surface area contributed by atoms with Crippen molar-refractivity contribution in [2.45, 2.75) is 6.92 Å². The first-order valence-electron chi connectivity index (χ1n) is 6.50. The SMILES string of the molecule is CNc1nc(-c2ccc(C)cc2F)nc2ccc(F)cc12. The molecule has 0 atom stereocenters. The van der Waals surface area contributed by atoms with Crippen LogP contribution < -0.4 is 5.32 Å². The van der Waals surface area contributed by atoms with Crippen molar-refractivity contribution in [2.24, 2.45) is 0 Å². The van der Waals surface area contributed by atoms with E-state index in [9.17, 15) is 8.78 Å². The molecule has 5 heteroatoms. The summed E-state index contributed by atoms with van der Waals surface area (Å²) >= 11 is 0. The third-order valence-electron chi connectivity index (χ3n) is 3.26. The van der Waals surface area contributed by atoms with Crippen molar-refractivity contribution in [1.29, 1.82) is 0 Å². The second-order valence-corrected chi connectivity index (χ2v) is 4.79. The van der Waals surface area contributed by atoms with E-state index in [1.54, 1.807) is 25.2 Å². The van der Waals surface area contributed by atoms with Crippen molar-refractivity contribution >= 4 is 16.7 Å². The minimum atomic E-state index is -0.376. The summed E-state index contributed by atoms with van der Waals surface area (Å²) < 4.78 is 27.4. The zero-order valence-electron chi connectivity index (χ0n) is 11.6. The van der Waals surface area contributed by atoms with E-state index in [1.807, 2.05) is 6.92 Å². The standard InChI is InChI=1S/C16H13F2N3/c1-9-3-5-11(13(18)7-9)16-20-14-6-4-10(17)8-12(14)15(19-2)21-16/h3-8H,1-2H3,(H,19,20,21). The maximum absolute atomic E-state index is 14.1. The first-order valence-corrected chi connectivity index (χ1v) is 6.50. The number of anilines is 1. The molecule has 0 saturated heterocycles. The van der Waals surface area contributed by atoms with Crippen LogP contribution in [-0.4, -0.2) is 17.0 Å². The number of nitrogens with one attached hydrogen (secondary N) is 1. The molecule has 1 N–H and O–H groups in total. The molecular formula is C16H13F2N3. The van der Waals surface area contributed by atoms with Crippen LogP contribution >= 0.6 is 0 Å². The van der Waals surface area contributed by atoms with E-state index < -0.39 is 0 Å². The van der Waals surface area contributed by atoms with Crippen LogP contribution in [0.2, 0.25) is 0 Å². The molecule has 1 heterocycles. The predicted octanol–water partition coefficient (Wildman–Crippen LogP) is 3.93. The average molecular weight is 285 g/mol. The third-order valence-corrected chi connectivity index (χ3v) is 3.26. The Balaban J connectivity index is 2.26. The molecule has 0 amide bonds. The molecule has 0 fully saturated rings. The summed E-state index contributed by atoms with van der Waals surface area (Å²) in [4.78, 5) is 8.62. The molecule has 1 aromatic heterocycles. The second kappa shape index (κ2) is 5.09. The lowest BCUT2D eigenvalue weighted by Crippen LogP contribution is -2.00. The smallest absolute Gasteiger partial charge is 0.165 e. The topological polar surface area (TPSA) is 37.8 Å². The largest absolute Gasteiger partial charge is 0.373 e. The minimum Gasteiger partial charge on any atom is -0.373 e. The van der Waals surface area contributed by atoms with Crippen LogP contribution in [0.5, 0.6) is 0 Å². The highest BCUT2D eigenvalue weighted by atomic mass is 19.1.